The van der Waals surface area contributed by atoms with Crippen molar-refractivity contribution in [3.63, 3.8) is 0 Å². The fraction of sp³-hybridized carbons (Fsp3) is 0.0952. The van der Waals surface area contributed by atoms with Crippen molar-refractivity contribution in [2.24, 2.45) is 0 Å². The molecule has 0 atom stereocenters. The van der Waals surface area contributed by atoms with Crippen molar-refractivity contribution >= 4 is 23.2 Å². The normalized spacial score (nSPS) is 11.2. The molecule has 0 aliphatic heterocycles. The number of anilines is 1. The van der Waals surface area contributed by atoms with Gasteiger partial charge in [-0.3, -0.25) is 4.79 Å². The fourth-order valence-corrected chi connectivity index (χ4v) is 2.79. The van der Waals surface area contributed by atoms with E-state index >= 15 is 0 Å². The van der Waals surface area contributed by atoms with E-state index in [4.69, 9.17) is 16.3 Å². The Kier molecular flexibility index (Phi) is 5.70. The third-order valence-electron chi connectivity index (χ3n) is 4.02. The zero-order valence-corrected chi connectivity index (χ0v) is 15.8. The van der Waals surface area contributed by atoms with Crippen molar-refractivity contribution in [3.05, 3.63) is 82.4 Å². The molecule has 1 amide bonds. The molecular formula is C21H15ClF3NO3. The van der Waals surface area contributed by atoms with Gasteiger partial charge in [-0.25, -0.2) is 0 Å². The van der Waals surface area contributed by atoms with Gasteiger partial charge in [-0.15, -0.1) is 0 Å². The van der Waals surface area contributed by atoms with Gasteiger partial charge in [-0.2, -0.15) is 13.2 Å². The molecule has 29 heavy (non-hydrogen) atoms. The number of carbonyl (C=O) groups excluding carboxylic acids is 1. The van der Waals surface area contributed by atoms with Crippen LogP contribution in [-0.2, 0) is 6.18 Å². The van der Waals surface area contributed by atoms with Crippen molar-refractivity contribution in [2.75, 3.05) is 5.32 Å². The Hall–Kier alpha value is -3.19. The number of nitrogens with one attached hydrogen (secondary N) is 1. The van der Waals surface area contributed by atoms with Gasteiger partial charge in [0.05, 0.1) is 16.3 Å². The topological polar surface area (TPSA) is 58.6 Å². The zero-order chi connectivity index (χ0) is 21.2. The van der Waals surface area contributed by atoms with E-state index in [0.717, 1.165) is 5.56 Å². The van der Waals surface area contributed by atoms with E-state index in [1.54, 1.807) is 42.5 Å². The van der Waals surface area contributed by atoms with E-state index in [-0.39, 0.29) is 17.0 Å². The maximum Gasteiger partial charge on any atom is 0.418 e. The third-order valence-corrected chi connectivity index (χ3v) is 4.41. The molecule has 2 N–H and O–H groups in total. The molecule has 0 aliphatic rings. The summed E-state index contributed by atoms with van der Waals surface area (Å²) in [7, 11) is 0. The Balaban J connectivity index is 2.08. The summed E-state index contributed by atoms with van der Waals surface area (Å²) >= 11 is 5.74. The van der Waals surface area contributed by atoms with Crippen LogP contribution < -0.4 is 10.1 Å². The van der Waals surface area contributed by atoms with Crippen LogP contribution in [0.5, 0.6) is 17.2 Å². The molecule has 0 saturated heterocycles. The number of phenolic OH excluding ortho intramolecular Hbond substituents is 1. The molecule has 0 bridgehead atoms. The molecule has 0 heterocycles. The molecule has 0 spiro atoms. The van der Waals surface area contributed by atoms with Gasteiger partial charge in [0.2, 0.25) is 0 Å². The Bertz CT molecular complexity index is 1040. The van der Waals surface area contributed by atoms with E-state index in [1.807, 2.05) is 6.92 Å². The summed E-state index contributed by atoms with van der Waals surface area (Å²) in [5.41, 5.74) is -0.508. The average Bonchev–Trinajstić information content (AvgIpc) is 2.68. The van der Waals surface area contributed by atoms with Crippen LogP contribution in [0.1, 0.15) is 21.5 Å². The second-order valence-corrected chi connectivity index (χ2v) is 6.57. The molecule has 0 saturated carbocycles. The molecule has 3 aromatic rings. The first-order valence-corrected chi connectivity index (χ1v) is 8.78. The van der Waals surface area contributed by atoms with Crippen molar-refractivity contribution in [2.45, 2.75) is 13.1 Å². The lowest BCUT2D eigenvalue weighted by atomic mass is 10.1. The number of halogens is 4. The molecule has 8 heteroatoms. The summed E-state index contributed by atoms with van der Waals surface area (Å²) < 4.78 is 45.5. The molecule has 3 aromatic carbocycles. The third kappa shape index (κ3) is 4.63. The fourth-order valence-electron chi connectivity index (χ4n) is 2.54. The SMILES string of the molecule is Cc1ccc(Oc2c(NC(=O)c3ccccc3)cc(C(F)(F)F)c(Cl)c2O)cc1. The van der Waals surface area contributed by atoms with Crippen molar-refractivity contribution in [3.8, 4) is 17.2 Å². The largest absolute Gasteiger partial charge is 0.503 e. The maximum absolute atomic E-state index is 13.3. The highest BCUT2D eigenvalue weighted by Crippen LogP contribution is 2.49. The van der Waals surface area contributed by atoms with E-state index < -0.39 is 34.2 Å². The number of carbonyl (C=O) groups is 1. The predicted molar refractivity (Wildman–Crippen MR) is 104 cm³/mol. The summed E-state index contributed by atoms with van der Waals surface area (Å²) in [6, 6.07) is 15.1. The van der Waals surface area contributed by atoms with E-state index in [0.29, 0.717) is 6.07 Å². The number of ether oxygens (including phenoxy) is 1. The molecule has 150 valence electrons. The monoisotopic (exact) mass is 421 g/mol. The number of benzene rings is 3. The smallest absolute Gasteiger partial charge is 0.418 e. The number of hydrogen-bond acceptors (Lipinski definition) is 3. The van der Waals surface area contributed by atoms with Gasteiger partial charge in [0.25, 0.3) is 5.91 Å². The molecule has 0 unspecified atom stereocenters. The predicted octanol–water partition coefficient (Wildman–Crippen LogP) is 6.42. The van der Waals surface area contributed by atoms with E-state index in [2.05, 4.69) is 5.32 Å². The van der Waals surface area contributed by atoms with Gasteiger partial charge in [-0.1, -0.05) is 47.5 Å². The number of alkyl halides is 3. The Morgan fingerprint density at radius 1 is 1.07 bits per heavy atom. The minimum Gasteiger partial charge on any atom is -0.503 e. The molecular weight excluding hydrogens is 407 g/mol. The summed E-state index contributed by atoms with van der Waals surface area (Å²) in [4.78, 5) is 12.5. The van der Waals surface area contributed by atoms with Gasteiger partial charge in [0, 0.05) is 5.56 Å². The number of rotatable bonds is 4. The number of phenols is 1. The molecule has 0 aliphatic carbocycles. The van der Waals surface area contributed by atoms with E-state index in [1.165, 1.54) is 12.1 Å². The lowest BCUT2D eigenvalue weighted by molar-refractivity contribution is -0.137. The lowest BCUT2D eigenvalue weighted by Gasteiger charge is -2.18. The Morgan fingerprint density at radius 2 is 1.69 bits per heavy atom. The Morgan fingerprint density at radius 3 is 2.28 bits per heavy atom. The van der Waals surface area contributed by atoms with E-state index in [9.17, 15) is 23.1 Å². The summed E-state index contributed by atoms with van der Waals surface area (Å²) in [5.74, 6) is -1.74. The lowest BCUT2D eigenvalue weighted by Crippen LogP contribution is -2.14. The minimum atomic E-state index is -4.84. The van der Waals surface area contributed by atoms with Gasteiger partial charge < -0.3 is 15.2 Å². The molecule has 0 aromatic heterocycles. The second-order valence-electron chi connectivity index (χ2n) is 6.20. The van der Waals surface area contributed by atoms with Gasteiger partial charge >= 0.3 is 6.18 Å². The van der Waals surface area contributed by atoms with Crippen molar-refractivity contribution in [1.29, 1.82) is 0 Å². The highest BCUT2D eigenvalue weighted by atomic mass is 35.5. The van der Waals surface area contributed by atoms with Crippen molar-refractivity contribution < 1.29 is 27.8 Å². The van der Waals surface area contributed by atoms with Crippen LogP contribution >= 0.6 is 11.6 Å². The van der Waals surface area contributed by atoms with Crippen LogP contribution in [-0.4, -0.2) is 11.0 Å². The van der Waals surface area contributed by atoms with Gasteiger partial charge in [-0.05, 0) is 37.3 Å². The minimum absolute atomic E-state index is 0.219. The second kappa shape index (κ2) is 8.05. The van der Waals surface area contributed by atoms with Gasteiger partial charge in [0.1, 0.15) is 5.75 Å². The number of amides is 1. The highest BCUT2D eigenvalue weighted by Gasteiger charge is 2.37. The first-order valence-electron chi connectivity index (χ1n) is 8.40. The summed E-state index contributed by atoms with van der Waals surface area (Å²) in [6.07, 6.45) is -4.84. The van der Waals surface area contributed by atoms with Crippen LogP contribution in [0.3, 0.4) is 0 Å². The quantitative estimate of drug-likeness (QED) is 0.511. The number of aromatic hydroxyl groups is 1. The number of aryl methyl sites for hydroxylation is 1. The van der Waals surface area contributed by atoms with Crippen LogP contribution in [0.15, 0.2) is 60.7 Å². The first-order chi connectivity index (χ1) is 13.7. The highest BCUT2D eigenvalue weighted by molar-refractivity contribution is 6.33. The van der Waals surface area contributed by atoms with Gasteiger partial charge in [0.15, 0.2) is 11.5 Å². The van der Waals surface area contributed by atoms with Crippen LogP contribution in [0.25, 0.3) is 0 Å². The molecule has 0 fully saturated rings. The maximum atomic E-state index is 13.3. The Labute approximate surface area is 169 Å². The molecule has 0 radical (unpaired) electrons. The summed E-state index contributed by atoms with van der Waals surface area (Å²) in [5, 5.41) is 11.8. The average molecular weight is 422 g/mol. The summed E-state index contributed by atoms with van der Waals surface area (Å²) in [6.45, 7) is 1.85. The molecule has 3 rings (SSSR count). The van der Waals surface area contributed by atoms with Crippen molar-refractivity contribution in [1.82, 2.24) is 0 Å². The van der Waals surface area contributed by atoms with Crippen LogP contribution in [0.4, 0.5) is 18.9 Å². The zero-order valence-electron chi connectivity index (χ0n) is 15.0. The molecule has 4 nitrogen and oxygen atoms in total. The number of hydrogen-bond donors (Lipinski definition) is 2. The van der Waals surface area contributed by atoms with Crippen LogP contribution in [0, 0.1) is 6.92 Å². The standard InChI is InChI=1S/C21H15ClF3NO3/c1-12-7-9-14(10-8-12)29-19-16(26-20(28)13-5-3-2-4-6-13)11-15(21(23,24)25)17(22)18(19)27/h2-11,27H,1H3,(H,26,28). The van der Waals surface area contributed by atoms with Crippen LogP contribution in [0.2, 0.25) is 5.02 Å². The first kappa shape index (κ1) is 20.5.